The topological polar surface area (TPSA) is 40.2 Å². The molecule has 206 valence electrons. The van der Waals surface area contributed by atoms with E-state index in [1.54, 1.807) is 12.1 Å². The van der Waals surface area contributed by atoms with Gasteiger partial charge in [-0.25, -0.2) is 4.39 Å². The highest BCUT2D eigenvalue weighted by atomic mass is 19.1. The van der Waals surface area contributed by atoms with Crippen LogP contribution in [-0.4, -0.2) is 25.1 Å². The molecule has 1 aliphatic heterocycles. The Labute approximate surface area is 238 Å². The smallest absolute Gasteiger partial charge is 0.126 e. The molecular formula is C35H39FN4. The second-order valence-electron chi connectivity index (χ2n) is 10.1. The molecular weight excluding hydrogens is 495 g/mol. The van der Waals surface area contributed by atoms with Gasteiger partial charge in [0.25, 0.3) is 0 Å². The van der Waals surface area contributed by atoms with E-state index in [1.165, 1.54) is 31.0 Å². The summed E-state index contributed by atoms with van der Waals surface area (Å²) in [5, 5.41) is 6.66. The normalized spacial score (nSPS) is 13.8. The maximum absolute atomic E-state index is 14.0. The molecule has 0 unspecified atom stereocenters. The van der Waals surface area contributed by atoms with Gasteiger partial charge in [0.2, 0.25) is 0 Å². The third kappa shape index (κ3) is 7.17. The Morgan fingerprint density at radius 2 is 1.75 bits per heavy atom. The molecule has 0 saturated carbocycles. The van der Waals surface area contributed by atoms with Crippen LogP contribution in [0.4, 0.5) is 15.8 Å². The summed E-state index contributed by atoms with van der Waals surface area (Å²) in [7, 11) is 1.90. The molecule has 2 N–H and O–H groups in total. The van der Waals surface area contributed by atoms with Crippen LogP contribution in [-0.2, 0) is 6.42 Å². The SMILES string of the molecule is C=C(/C=C\C(=C/C)NC(=C)C(=C)c1cc(-c2cncc(N3CCCCC3)c2)ccc1NC)Cc1ccccc1F. The number of pyridine rings is 1. The van der Waals surface area contributed by atoms with Gasteiger partial charge in [-0.05, 0) is 79.6 Å². The van der Waals surface area contributed by atoms with Crippen molar-refractivity contribution in [2.24, 2.45) is 0 Å². The summed E-state index contributed by atoms with van der Waals surface area (Å²) < 4.78 is 14.0. The van der Waals surface area contributed by atoms with Gasteiger partial charge in [-0.2, -0.15) is 0 Å². The quantitative estimate of drug-likeness (QED) is 0.243. The van der Waals surface area contributed by atoms with Crippen LogP contribution in [0.15, 0.2) is 116 Å². The first-order chi connectivity index (χ1) is 19.4. The van der Waals surface area contributed by atoms with Crippen molar-refractivity contribution in [3.05, 3.63) is 133 Å². The van der Waals surface area contributed by atoms with E-state index in [9.17, 15) is 4.39 Å². The van der Waals surface area contributed by atoms with E-state index in [0.717, 1.165) is 52.3 Å². The average Bonchev–Trinajstić information content (AvgIpc) is 3.00. The third-order valence-electron chi connectivity index (χ3n) is 7.24. The van der Waals surface area contributed by atoms with Crippen LogP contribution >= 0.6 is 0 Å². The van der Waals surface area contributed by atoms with Crippen molar-refractivity contribution in [2.75, 3.05) is 30.4 Å². The molecule has 0 radical (unpaired) electrons. The number of anilines is 2. The maximum atomic E-state index is 14.0. The summed E-state index contributed by atoms with van der Waals surface area (Å²) >= 11 is 0. The molecule has 3 aromatic rings. The summed E-state index contributed by atoms with van der Waals surface area (Å²) in [6.45, 7) is 16.8. The summed E-state index contributed by atoms with van der Waals surface area (Å²) in [5.74, 6) is -0.220. The number of nitrogens with zero attached hydrogens (tertiary/aromatic N) is 2. The Balaban J connectivity index is 1.48. The van der Waals surface area contributed by atoms with Crippen molar-refractivity contribution in [1.29, 1.82) is 0 Å². The molecule has 4 rings (SSSR count). The van der Waals surface area contributed by atoms with Crippen LogP contribution in [0.1, 0.15) is 37.3 Å². The lowest BCUT2D eigenvalue weighted by molar-refractivity contribution is 0.577. The lowest BCUT2D eigenvalue weighted by Crippen LogP contribution is -2.29. The van der Waals surface area contributed by atoms with Gasteiger partial charge in [0.1, 0.15) is 5.82 Å². The van der Waals surface area contributed by atoms with Gasteiger partial charge in [0.15, 0.2) is 0 Å². The van der Waals surface area contributed by atoms with Crippen LogP contribution in [0, 0.1) is 5.82 Å². The first-order valence-electron chi connectivity index (χ1n) is 13.8. The van der Waals surface area contributed by atoms with E-state index >= 15 is 0 Å². The monoisotopic (exact) mass is 534 g/mol. The van der Waals surface area contributed by atoms with Gasteiger partial charge >= 0.3 is 0 Å². The Kier molecular flexibility index (Phi) is 9.74. The molecule has 0 atom stereocenters. The number of allylic oxidation sites excluding steroid dienone is 5. The van der Waals surface area contributed by atoms with E-state index in [0.29, 0.717) is 17.7 Å². The summed E-state index contributed by atoms with van der Waals surface area (Å²) in [5.41, 5.74) is 8.99. The van der Waals surface area contributed by atoms with Crippen molar-refractivity contribution in [3.63, 3.8) is 0 Å². The van der Waals surface area contributed by atoms with Crippen molar-refractivity contribution in [2.45, 2.75) is 32.6 Å². The van der Waals surface area contributed by atoms with Gasteiger partial charge in [-0.15, -0.1) is 0 Å². The summed E-state index contributed by atoms with van der Waals surface area (Å²) in [4.78, 5) is 6.97. The maximum Gasteiger partial charge on any atom is 0.126 e. The lowest BCUT2D eigenvalue weighted by atomic mass is 9.97. The Morgan fingerprint density at radius 1 is 0.975 bits per heavy atom. The molecule has 0 spiro atoms. The van der Waals surface area contributed by atoms with E-state index < -0.39 is 0 Å². The van der Waals surface area contributed by atoms with Crippen molar-refractivity contribution < 1.29 is 4.39 Å². The Hall–Kier alpha value is -4.38. The second kappa shape index (κ2) is 13.6. The van der Waals surface area contributed by atoms with E-state index in [4.69, 9.17) is 0 Å². The minimum atomic E-state index is -0.220. The van der Waals surface area contributed by atoms with Gasteiger partial charge in [0, 0.05) is 54.5 Å². The molecule has 1 saturated heterocycles. The average molecular weight is 535 g/mol. The van der Waals surface area contributed by atoms with Crippen molar-refractivity contribution in [1.82, 2.24) is 10.3 Å². The number of halogens is 1. The predicted octanol–water partition coefficient (Wildman–Crippen LogP) is 8.30. The highest BCUT2D eigenvalue weighted by molar-refractivity contribution is 5.87. The highest BCUT2D eigenvalue weighted by Crippen LogP contribution is 2.33. The fraction of sp³-hybridized carbons (Fsp3) is 0.229. The number of rotatable bonds is 11. The van der Waals surface area contributed by atoms with E-state index in [1.807, 2.05) is 50.7 Å². The number of hydrogen-bond donors (Lipinski definition) is 2. The molecule has 2 aromatic carbocycles. The van der Waals surface area contributed by atoms with E-state index in [2.05, 4.69) is 64.5 Å². The van der Waals surface area contributed by atoms with Gasteiger partial charge < -0.3 is 15.5 Å². The minimum Gasteiger partial charge on any atom is -0.388 e. The first kappa shape index (κ1) is 28.6. The molecule has 40 heavy (non-hydrogen) atoms. The molecule has 5 heteroatoms. The fourth-order valence-corrected chi connectivity index (χ4v) is 4.88. The number of benzene rings is 2. The van der Waals surface area contributed by atoms with Crippen LogP contribution in [0.3, 0.4) is 0 Å². The second-order valence-corrected chi connectivity index (χ2v) is 10.1. The number of aromatic nitrogens is 1. The number of nitrogens with one attached hydrogen (secondary N) is 2. The van der Waals surface area contributed by atoms with E-state index in [-0.39, 0.29) is 5.82 Å². The molecule has 1 fully saturated rings. The predicted molar refractivity (Wildman–Crippen MR) is 169 cm³/mol. The van der Waals surface area contributed by atoms with Crippen LogP contribution < -0.4 is 15.5 Å². The van der Waals surface area contributed by atoms with Crippen LogP contribution in [0.25, 0.3) is 16.7 Å². The van der Waals surface area contributed by atoms with Crippen molar-refractivity contribution >= 4 is 16.9 Å². The lowest BCUT2D eigenvalue weighted by Gasteiger charge is -2.28. The Bertz CT molecular complexity index is 1440. The van der Waals surface area contributed by atoms with Crippen LogP contribution in [0.5, 0.6) is 0 Å². The highest BCUT2D eigenvalue weighted by Gasteiger charge is 2.14. The van der Waals surface area contributed by atoms with Crippen molar-refractivity contribution in [3.8, 4) is 11.1 Å². The molecule has 1 aliphatic rings. The Morgan fingerprint density at radius 3 is 2.48 bits per heavy atom. The molecule has 0 bridgehead atoms. The van der Waals surface area contributed by atoms with Crippen LogP contribution in [0.2, 0.25) is 0 Å². The molecule has 1 aromatic heterocycles. The zero-order chi connectivity index (χ0) is 28.5. The zero-order valence-electron chi connectivity index (χ0n) is 23.6. The number of piperidine rings is 1. The zero-order valence-corrected chi connectivity index (χ0v) is 23.6. The molecule has 4 nitrogen and oxygen atoms in total. The standard InChI is InChI=1S/C35H39FN4/c1-6-31(16-14-25(2)20-29-12-8-9-13-34(29)36)39-27(4)26(3)33-22-28(15-17-35(33)37-5)30-21-32(24-38-23-30)40-18-10-7-11-19-40/h6,8-9,12-17,21-24,37,39H,2-4,7,10-11,18-20H2,1,5H3/b16-14-,31-6+. The fourth-order valence-electron chi connectivity index (χ4n) is 4.88. The minimum absolute atomic E-state index is 0.220. The molecule has 0 amide bonds. The number of hydrogen-bond acceptors (Lipinski definition) is 4. The molecule has 2 heterocycles. The third-order valence-corrected chi connectivity index (χ3v) is 7.24. The first-order valence-corrected chi connectivity index (χ1v) is 13.8. The largest absolute Gasteiger partial charge is 0.388 e. The van der Waals surface area contributed by atoms with Gasteiger partial charge in [-0.1, -0.05) is 61.7 Å². The summed E-state index contributed by atoms with van der Waals surface area (Å²) in [6.07, 6.45) is 13.8. The van der Waals surface area contributed by atoms with Gasteiger partial charge in [0.05, 0.1) is 11.9 Å². The summed E-state index contributed by atoms with van der Waals surface area (Å²) in [6, 6.07) is 15.3. The van der Waals surface area contributed by atoms with Gasteiger partial charge in [-0.3, -0.25) is 4.98 Å². The molecule has 0 aliphatic carbocycles.